The molecule has 0 spiro atoms. The highest BCUT2D eigenvalue weighted by Gasteiger charge is 2.30. The van der Waals surface area contributed by atoms with Crippen molar-refractivity contribution in [3.63, 3.8) is 0 Å². The van der Waals surface area contributed by atoms with Crippen LogP contribution < -0.4 is 15.0 Å². The molecular formula is C22H23N3O2. The maximum Gasteiger partial charge on any atom is 0.262 e. The Morgan fingerprint density at radius 1 is 1.15 bits per heavy atom. The van der Waals surface area contributed by atoms with Crippen LogP contribution in [0.15, 0.2) is 60.7 Å². The number of aromatic nitrogens is 1. The largest absolute Gasteiger partial charge is 0.477 e. The number of fused-ring (bicyclic) bond motifs is 2. The fourth-order valence-corrected chi connectivity index (χ4v) is 3.35. The number of rotatable bonds is 5. The van der Waals surface area contributed by atoms with Gasteiger partial charge in [-0.1, -0.05) is 43.3 Å². The average molecular weight is 361 g/mol. The van der Waals surface area contributed by atoms with Crippen LogP contribution >= 0.6 is 0 Å². The summed E-state index contributed by atoms with van der Waals surface area (Å²) >= 11 is 0. The predicted octanol–water partition coefficient (Wildman–Crippen LogP) is 3.53. The van der Waals surface area contributed by atoms with Crippen molar-refractivity contribution in [3.05, 3.63) is 66.4 Å². The van der Waals surface area contributed by atoms with Crippen LogP contribution in [0.2, 0.25) is 0 Å². The van der Waals surface area contributed by atoms with E-state index in [1.54, 1.807) is 0 Å². The quantitative estimate of drug-likeness (QED) is 0.755. The van der Waals surface area contributed by atoms with Crippen LogP contribution in [0, 0.1) is 0 Å². The zero-order chi connectivity index (χ0) is 18.6. The summed E-state index contributed by atoms with van der Waals surface area (Å²) in [6, 6.07) is 20.1. The van der Waals surface area contributed by atoms with Crippen molar-refractivity contribution in [1.29, 1.82) is 0 Å². The molecular weight excluding hydrogens is 338 g/mol. The van der Waals surface area contributed by atoms with E-state index < -0.39 is 6.10 Å². The lowest BCUT2D eigenvalue weighted by Gasteiger charge is -2.35. The number of hydrogen-bond acceptors (Lipinski definition) is 4. The summed E-state index contributed by atoms with van der Waals surface area (Å²) < 4.78 is 5.95. The van der Waals surface area contributed by atoms with Gasteiger partial charge in [0, 0.05) is 11.9 Å². The number of anilines is 1. The highest BCUT2D eigenvalue weighted by Crippen LogP contribution is 2.34. The zero-order valence-electron chi connectivity index (χ0n) is 15.4. The summed E-state index contributed by atoms with van der Waals surface area (Å²) in [6.07, 6.45) is 0.381. The van der Waals surface area contributed by atoms with Gasteiger partial charge in [0.25, 0.3) is 5.91 Å². The van der Waals surface area contributed by atoms with E-state index in [1.807, 2.05) is 55.5 Å². The first-order valence-electron chi connectivity index (χ1n) is 9.37. The molecule has 5 heteroatoms. The second kappa shape index (κ2) is 7.66. The fourth-order valence-electron chi connectivity index (χ4n) is 3.35. The zero-order valence-corrected chi connectivity index (χ0v) is 15.4. The Bertz CT molecular complexity index is 957. The molecule has 0 radical (unpaired) electrons. The van der Waals surface area contributed by atoms with Crippen LogP contribution in [0.4, 0.5) is 5.69 Å². The number of benzene rings is 2. The van der Waals surface area contributed by atoms with Gasteiger partial charge in [-0.25, -0.2) is 0 Å². The first-order chi connectivity index (χ1) is 13.2. The van der Waals surface area contributed by atoms with Crippen molar-refractivity contribution in [3.8, 4) is 5.75 Å². The van der Waals surface area contributed by atoms with E-state index in [0.29, 0.717) is 19.6 Å². The Balaban J connectivity index is 1.60. The molecule has 2 heterocycles. The third-order valence-electron chi connectivity index (χ3n) is 4.71. The van der Waals surface area contributed by atoms with Crippen LogP contribution in [0.1, 0.15) is 19.0 Å². The van der Waals surface area contributed by atoms with Crippen molar-refractivity contribution >= 4 is 22.5 Å². The maximum atomic E-state index is 12.5. The molecule has 3 aromatic rings. The average Bonchev–Trinajstić information content (AvgIpc) is 2.71. The standard InChI is InChI=1S/C22H23N3O2/c1-2-13-23-22(26)21-15-25(19-9-5-6-10-20(19)27-21)14-17-12-11-16-7-3-4-8-18(16)24-17/h3-12,21H,2,13-15H2,1H3,(H,23,26)/t21-/m0/s1. The van der Waals surface area contributed by atoms with Gasteiger partial charge in [0.2, 0.25) is 0 Å². The van der Waals surface area contributed by atoms with E-state index in [-0.39, 0.29) is 5.91 Å². The molecule has 5 nitrogen and oxygen atoms in total. The molecule has 4 rings (SSSR count). The summed E-state index contributed by atoms with van der Waals surface area (Å²) in [6.45, 7) is 3.82. The minimum atomic E-state index is -0.521. The molecule has 1 N–H and O–H groups in total. The third-order valence-corrected chi connectivity index (χ3v) is 4.71. The molecule has 0 fully saturated rings. The summed E-state index contributed by atoms with van der Waals surface area (Å²) in [4.78, 5) is 19.4. The molecule has 1 atom stereocenters. The van der Waals surface area contributed by atoms with Gasteiger partial charge >= 0.3 is 0 Å². The summed E-state index contributed by atoms with van der Waals surface area (Å²) in [5.74, 6) is 0.670. The Hall–Kier alpha value is -3.08. The van der Waals surface area contributed by atoms with Crippen LogP contribution in [0.25, 0.3) is 10.9 Å². The minimum absolute atomic E-state index is 0.0668. The molecule has 27 heavy (non-hydrogen) atoms. The van der Waals surface area contributed by atoms with E-state index in [2.05, 4.69) is 22.3 Å². The smallest absolute Gasteiger partial charge is 0.262 e. The lowest BCUT2D eigenvalue weighted by atomic mass is 10.1. The Morgan fingerprint density at radius 3 is 2.85 bits per heavy atom. The maximum absolute atomic E-state index is 12.5. The molecule has 0 saturated carbocycles. The van der Waals surface area contributed by atoms with Crippen LogP contribution in [-0.4, -0.2) is 30.1 Å². The Morgan fingerprint density at radius 2 is 1.96 bits per heavy atom. The van der Waals surface area contributed by atoms with Gasteiger partial charge in [-0.05, 0) is 30.7 Å². The first-order valence-corrected chi connectivity index (χ1v) is 9.37. The SMILES string of the molecule is CCCNC(=O)[C@@H]1CN(Cc2ccc3ccccc3n2)c2ccccc2O1. The van der Waals surface area contributed by atoms with Gasteiger partial charge in [-0.3, -0.25) is 9.78 Å². The molecule has 1 aliphatic rings. The van der Waals surface area contributed by atoms with Gasteiger partial charge in [-0.15, -0.1) is 0 Å². The second-order valence-electron chi connectivity index (χ2n) is 6.74. The number of pyridine rings is 1. The highest BCUT2D eigenvalue weighted by atomic mass is 16.5. The van der Waals surface area contributed by atoms with Crippen molar-refractivity contribution in [1.82, 2.24) is 10.3 Å². The third kappa shape index (κ3) is 3.72. The number of nitrogens with zero attached hydrogens (tertiary/aromatic N) is 2. The Kier molecular flexibility index (Phi) is 4.92. The van der Waals surface area contributed by atoms with Crippen molar-refractivity contribution in [2.75, 3.05) is 18.0 Å². The highest BCUT2D eigenvalue weighted by molar-refractivity contribution is 5.83. The number of carbonyl (C=O) groups excluding carboxylic acids is 1. The summed E-state index contributed by atoms with van der Waals surface area (Å²) in [5.41, 5.74) is 2.94. The first kappa shape index (κ1) is 17.3. The van der Waals surface area contributed by atoms with Gasteiger partial charge in [0.15, 0.2) is 6.10 Å². The van der Waals surface area contributed by atoms with E-state index in [9.17, 15) is 4.79 Å². The topological polar surface area (TPSA) is 54.5 Å². The number of ether oxygens (including phenoxy) is 1. The van der Waals surface area contributed by atoms with Crippen molar-refractivity contribution in [2.45, 2.75) is 26.0 Å². The van der Waals surface area contributed by atoms with Gasteiger partial charge in [-0.2, -0.15) is 0 Å². The predicted molar refractivity (Wildman–Crippen MR) is 107 cm³/mol. The fraction of sp³-hybridized carbons (Fsp3) is 0.273. The van der Waals surface area contributed by atoms with E-state index in [4.69, 9.17) is 9.72 Å². The number of para-hydroxylation sites is 3. The summed E-state index contributed by atoms with van der Waals surface area (Å²) in [7, 11) is 0. The van der Waals surface area contributed by atoms with Crippen molar-refractivity contribution in [2.24, 2.45) is 0 Å². The number of hydrogen-bond donors (Lipinski definition) is 1. The minimum Gasteiger partial charge on any atom is -0.477 e. The lowest BCUT2D eigenvalue weighted by molar-refractivity contribution is -0.127. The van der Waals surface area contributed by atoms with Gasteiger partial charge in [0.05, 0.1) is 30.0 Å². The molecule has 0 unspecified atom stereocenters. The summed E-state index contributed by atoms with van der Waals surface area (Å²) in [5, 5.41) is 4.06. The van der Waals surface area contributed by atoms with Gasteiger partial charge < -0.3 is 15.0 Å². The van der Waals surface area contributed by atoms with Crippen LogP contribution in [0.5, 0.6) is 5.75 Å². The Labute approximate surface area is 159 Å². The van der Waals surface area contributed by atoms with E-state index >= 15 is 0 Å². The van der Waals surface area contributed by atoms with Crippen LogP contribution in [-0.2, 0) is 11.3 Å². The number of nitrogens with one attached hydrogen (secondary N) is 1. The molecule has 1 aromatic heterocycles. The second-order valence-corrected chi connectivity index (χ2v) is 6.74. The monoisotopic (exact) mass is 361 g/mol. The molecule has 0 aliphatic carbocycles. The number of carbonyl (C=O) groups is 1. The molecule has 2 aromatic carbocycles. The van der Waals surface area contributed by atoms with E-state index in [1.165, 1.54) is 0 Å². The molecule has 1 amide bonds. The van der Waals surface area contributed by atoms with Crippen LogP contribution in [0.3, 0.4) is 0 Å². The number of amides is 1. The molecule has 1 aliphatic heterocycles. The van der Waals surface area contributed by atoms with E-state index in [0.717, 1.165) is 34.5 Å². The van der Waals surface area contributed by atoms with Crippen molar-refractivity contribution < 1.29 is 9.53 Å². The molecule has 0 saturated heterocycles. The molecule has 0 bridgehead atoms. The van der Waals surface area contributed by atoms with Gasteiger partial charge in [0.1, 0.15) is 5.75 Å². The lowest BCUT2D eigenvalue weighted by Crippen LogP contribution is -2.49. The normalized spacial score (nSPS) is 15.9. The molecule has 138 valence electrons.